The van der Waals surface area contributed by atoms with Crippen LogP contribution >= 0.6 is 0 Å². The van der Waals surface area contributed by atoms with Crippen LogP contribution in [0.1, 0.15) is 5.56 Å². The number of hydrogen-bond donors (Lipinski definition) is 1. The SMILES string of the molecule is O=S(=O)(CC(F)=Cc1ccc(F)cc1)c1n[nH]cc1F. The number of sulfone groups is 1. The molecule has 0 fully saturated rings. The van der Waals surface area contributed by atoms with Crippen molar-refractivity contribution < 1.29 is 21.6 Å². The highest BCUT2D eigenvalue weighted by atomic mass is 32.2. The zero-order chi connectivity index (χ0) is 14.8. The van der Waals surface area contributed by atoms with Crippen LogP contribution in [-0.4, -0.2) is 24.4 Å². The van der Waals surface area contributed by atoms with Gasteiger partial charge in [0.2, 0.25) is 14.9 Å². The van der Waals surface area contributed by atoms with E-state index in [1.54, 1.807) is 0 Å². The van der Waals surface area contributed by atoms with Crippen molar-refractivity contribution in [2.45, 2.75) is 5.03 Å². The second-order valence-corrected chi connectivity index (χ2v) is 5.85. The van der Waals surface area contributed by atoms with Crippen molar-refractivity contribution in [3.8, 4) is 0 Å². The van der Waals surface area contributed by atoms with Crippen molar-refractivity contribution in [3.63, 3.8) is 0 Å². The molecule has 0 spiro atoms. The molecular weight excluding hydrogens is 293 g/mol. The van der Waals surface area contributed by atoms with E-state index < -0.39 is 38.1 Å². The van der Waals surface area contributed by atoms with E-state index in [0.717, 1.165) is 24.4 Å². The van der Waals surface area contributed by atoms with Gasteiger partial charge in [0, 0.05) is 0 Å². The van der Waals surface area contributed by atoms with Gasteiger partial charge in [-0.3, -0.25) is 5.10 Å². The summed E-state index contributed by atoms with van der Waals surface area (Å²) in [7, 11) is -4.21. The summed E-state index contributed by atoms with van der Waals surface area (Å²) in [6.07, 6.45) is 1.69. The fraction of sp³-hybridized carbons (Fsp3) is 0.0833. The lowest BCUT2D eigenvalue weighted by molar-refractivity contribution is 0.558. The first kappa shape index (κ1) is 14.3. The lowest BCUT2D eigenvalue weighted by Gasteiger charge is -2.00. The minimum atomic E-state index is -4.21. The molecule has 0 saturated carbocycles. The normalized spacial score (nSPS) is 12.7. The number of hydrogen-bond acceptors (Lipinski definition) is 3. The Kier molecular flexibility index (Phi) is 3.93. The summed E-state index contributed by atoms with van der Waals surface area (Å²) in [6.45, 7) is 0. The Morgan fingerprint density at radius 3 is 2.45 bits per heavy atom. The molecule has 20 heavy (non-hydrogen) atoms. The van der Waals surface area contributed by atoms with Crippen LogP contribution in [0.3, 0.4) is 0 Å². The van der Waals surface area contributed by atoms with Crippen LogP contribution in [0.4, 0.5) is 13.2 Å². The van der Waals surface area contributed by atoms with Crippen LogP contribution in [-0.2, 0) is 9.84 Å². The van der Waals surface area contributed by atoms with Gasteiger partial charge < -0.3 is 0 Å². The second kappa shape index (κ2) is 5.49. The Hall–Kier alpha value is -2.09. The molecule has 0 unspecified atom stereocenters. The molecule has 0 aliphatic heterocycles. The summed E-state index contributed by atoms with van der Waals surface area (Å²) in [5.74, 6) is -3.58. The number of aromatic amines is 1. The maximum absolute atomic E-state index is 13.6. The first-order chi connectivity index (χ1) is 9.38. The Morgan fingerprint density at radius 1 is 1.25 bits per heavy atom. The summed E-state index contributed by atoms with van der Waals surface area (Å²) in [4.78, 5) is 0. The molecule has 1 heterocycles. The Bertz CT molecular complexity index is 736. The molecule has 4 nitrogen and oxygen atoms in total. The quantitative estimate of drug-likeness (QED) is 0.943. The van der Waals surface area contributed by atoms with E-state index in [2.05, 4.69) is 5.10 Å². The molecule has 0 aliphatic rings. The first-order valence-electron chi connectivity index (χ1n) is 5.42. The van der Waals surface area contributed by atoms with Crippen molar-refractivity contribution in [1.29, 1.82) is 0 Å². The fourth-order valence-electron chi connectivity index (χ4n) is 1.51. The highest BCUT2D eigenvalue weighted by molar-refractivity contribution is 7.91. The summed E-state index contributed by atoms with van der Waals surface area (Å²) < 4.78 is 62.8. The predicted octanol–water partition coefficient (Wildman–Crippen LogP) is 2.47. The number of H-pyrrole nitrogens is 1. The van der Waals surface area contributed by atoms with Crippen LogP contribution in [0.15, 0.2) is 41.3 Å². The van der Waals surface area contributed by atoms with Crippen LogP contribution in [0.2, 0.25) is 0 Å². The second-order valence-electron chi connectivity index (χ2n) is 3.94. The number of nitrogens with zero attached hydrogens (tertiary/aromatic N) is 1. The van der Waals surface area contributed by atoms with Gasteiger partial charge >= 0.3 is 0 Å². The Balaban J connectivity index is 2.21. The van der Waals surface area contributed by atoms with Gasteiger partial charge in [-0.05, 0) is 23.8 Å². The standard InChI is InChI=1S/C12H9F3N2O2S/c13-9-3-1-8(2-4-9)5-10(14)7-20(18,19)12-11(15)6-16-17-12/h1-6H,7H2,(H,16,17). The largest absolute Gasteiger partial charge is 0.281 e. The molecule has 0 saturated heterocycles. The number of aromatic nitrogens is 2. The van der Waals surface area contributed by atoms with Gasteiger partial charge in [-0.2, -0.15) is 5.10 Å². The fourth-order valence-corrected chi connectivity index (χ4v) is 2.64. The molecule has 1 aromatic heterocycles. The van der Waals surface area contributed by atoms with Gasteiger partial charge in [0.25, 0.3) is 0 Å². The topological polar surface area (TPSA) is 62.8 Å². The summed E-state index contributed by atoms with van der Waals surface area (Å²) in [5, 5.41) is 4.44. The Morgan fingerprint density at radius 2 is 1.90 bits per heavy atom. The molecule has 0 amide bonds. The molecule has 0 radical (unpaired) electrons. The average molecular weight is 302 g/mol. The molecule has 0 atom stereocenters. The maximum atomic E-state index is 13.6. The minimum absolute atomic E-state index is 0.293. The molecule has 106 valence electrons. The van der Waals surface area contributed by atoms with Crippen molar-refractivity contribution in [2.75, 3.05) is 5.75 Å². The van der Waals surface area contributed by atoms with Crippen molar-refractivity contribution >= 4 is 15.9 Å². The highest BCUT2D eigenvalue weighted by Gasteiger charge is 2.24. The van der Waals surface area contributed by atoms with E-state index in [1.165, 1.54) is 12.1 Å². The number of halogens is 3. The van der Waals surface area contributed by atoms with E-state index in [0.29, 0.717) is 5.56 Å². The lowest BCUT2D eigenvalue weighted by Crippen LogP contribution is -2.09. The van der Waals surface area contributed by atoms with Crippen molar-refractivity contribution in [1.82, 2.24) is 10.2 Å². The van der Waals surface area contributed by atoms with Crippen molar-refractivity contribution in [2.24, 2.45) is 0 Å². The van der Waals surface area contributed by atoms with Crippen LogP contribution in [0, 0.1) is 11.6 Å². The van der Waals surface area contributed by atoms with E-state index in [-0.39, 0.29) is 0 Å². The molecule has 0 bridgehead atoms. The van der Waals surface area contributed by atoms with E-state index in [9.17, 15) is 21.6 Å². The van der Waals surface area contributed by atoms with Gasteiger partial charge in [-0.15, -0.1) is 0 Å². The molecule has 1 N–H and O–H groups in total. The average Bonchev–Trinajstić information content (AvgIpc) is 2.78. The monoisotopic (exact) mass is 302 g/mol. The number of nitrogens with one attached hydrogen (secondary N) is 1. The smallest absolute Gasteiger partial charge is 0.212 e. The first-order valence-corrected chi connectivity index (χ1v) is 7.07. The zero-order valence-corrected chi connectivity index (χ0v) is 10.8. The summed E-state index contributed by atoms with van der Waals surface area (Å²) in [6, 6.07) is 4.80. The molecule has 1 aromatic carbocycles. The Labute approximate surface area is 112 Å². The lowest BCUT2D eigenvalue weighted by atomic mass is 10.2. The third kappa shape index (κ3) is 3.27. The van der Waals surface area contributed by atoms with E-state index in [1.807, 2.05) is 5.10 Å². The number of rotatable bonds is 4. The molecule has 0 aliphatic carbocycles. The third-order valence-corrected chi connectivity index (χ3v) is 3.91. The third-order valence-electron chi connectivity index (χ3n) is 2.38. The van der Waals surface area contributed by atoms with Crippen LogP contribution in [0.5, 0.6) is 0 Å². The minimum Gasteiger partial charge on any atom is -0.281 e. The van der Waals surface area contributed by atoms with Crippen molar-refractivity contribution in [3.05, 3.63) is 53.5 Å². The van der Waals surface area contributed by atoms with Crippen LogP contribution < -0.4 is 0 Å². The maximum Gasteiger partial charge on any atom is 0.212 e. The molecular formula is C12H9F3N2O2S. The molecule has 8 heteroatoms. The zero-order valence-electron chi connectivity index (χ0n) is 9.98. The summed E-state index contributed by atoms with van der Waals surface area (Å²) in [5.41, 5.74) is 0.293. The van der Waals surface area contributed by atoms with Crippen LogP contribution in [0.25, 0.3) is 6.08 Å². The summed E-state index contributed by atoms with van der Waals surface area (Å²) >= 11 is 0. The molecule has 2 aromatic rings. The predicted molar refractivity (Wildman–Crippen MR) is 66.1 cm³/mol. The van der Waals surface area contributed by atoms with Gasteiger partial charge in [-0.25, -0.2) is 21.6 Å². The van der Waals surface area contributed by atoms with E-state index >= 15 is 0 Å². The van der Waals surface area contributed by atoms with Gasteiger partial charge in [-0.1, -0.05) is 12.1 Å². The van der Waals surface area contributed by atoms with Gasteiger partial charge in [0.1, 0.15) is 17.4 Å². The van der Waals surface area contributed by atoms with E-state index in [4.69, 9.17) is 0 Å². The molecule has 2 rings (SSSR count). The van der Waals surface area contributed by atoms with Gasteiger partial charge in [0.05, 0.1) is 6.20 Å². The highest BCUT2D eigenvalue weighted by Crippen LogP contribution is 2.17. The number of benzene rings is 1. The van der Waals surface area contributed by atoms with Gasteiger partial charge in [0.15, 0.2) is 5.82 Å².